The van der Waals surface area contributed by atoms with Gasteiger partial charge in [-0.1, -0.05) is 18.2 Å². The number of phenols is 1. The van der Waals surface area contributed by atoms with Crippen molar-refractivity contribution >= 4 is 6.09 Å². The Morgan fingerprint density at radius 3 is 2.71 bits per heavy atom. The number of carbonyl (C=O) groups excluding carboxylic acids is 1. The number of rotatable bonds is 3. The summed E-state index contributed by atoms with van der Waals surface area (Å²) in [5.74, 6) is 0.248. The van der Waals surface area contributed by atoms with Crippen molar-refractivity contribution in [1.82, 2.24) is 10.6 Å². The molecule has 5 nitrogen and oxygen atoms in total. The molecule has 1 aliphatic rings. The summed E-state index contributed by atoms with van der Waals surface area (Å²) >= 11 is 0. The molecule has 2 rings (SSSR count). The van der Waals surface area contributed by atoms with Gasteiger partial charge in [0, 0.05) is 12.1 Å². The van der Waals surface area contributed by atoms with Gasteiger partial charge in [-0.3, -0.25) is 0 Å². The lowest BCUT2D eigenvalue weighted by Gasteiger charge is -2.31. The molecule has 1 aliphatic heterocycles. The number of carbonyl (C=O) groups is 1. The minimum atomic E-state index is -0.519. The van der Waals surface area contributed by atoms with Gasteiger partial charge < -0.3 is 20.5 Å². The van der Waals surface area contributed by atoms with Gasteiger partial charge in [-0.25, -0.2) is 4.79 Å². The van der Waals surface area contributed by atoms with Crippen molar-refractivity contribution in [3.8, 4) is 5.75 Å². The van der Waals surface area contributed by atoms with Crippen molar-refractivity contribution < 1.29 is 14.6 Å². The Labute approximate surface area is 125 Å². The zero-order valence-corrected chi connectivity index (χ0v) is 12.9. The van der Waals surface area contributed by atoms with Crippen LogP contribution in [0.4, 0.5) is 4.79 Å². The molecule has 0 aromatic heterocycles. The Hall–Kier alpha value is -1.75. The maximum atomic E-state index is 11.9. The zero-order chi connectivity index (χ0) is 15.5. The molecule has 1 saturated heterocycles. The van der Waals surface area contributed by atoms with E-state index in [0.717, 1.165) is 24.9 Å². The topological polar surface area (TPSA) is 70.6 Å². The van der Waals surface area contributed by atoms with Gasteiger partial charge in [0.05, 0.1) is 5.54 Å². The summed E-state index contributed by atoms with van der Waals surface area (Å²) in [6.45, 7) is 6.75. The fourth-order valence-corrected chi connectivity index (χ4v) is 2.70. The second-order valence-corrected chi connectivity index (χ2v) is 6.49. The molecule has 3 N–H and O–H groups in total. The van der Waals surface area contributed by atoms with Gasteiger partial charge in [-0.2, -0.15) is 0 Å². The van der Waals surface area contributed by atoms with Crippen molar-refractivity contribution in [2.75, 3.05) is 13.1 Å². The first-order chi connectivity index (χ1) is 9.82. The molecule has 21 heavy (non-hydrogen) atoms. The maximum absolute atomic E-state index is 11.9. The lowest BCUT2D eigenvalue weighted by Crippen LogP contribution is -2.48. The normalized spacial score (nSPS) is 22.0. The number of para-hydroxylation sites is 1. The summed E-state index contributed by atoms with van der Waals surface area (Å²) in [6.07, 6.45) is 1.43. The fraction of sp³-hybridized carbons (Fsp3) is 0.562. The summed E-state index contributed by atoms with van der Waals surface area (Å²) in [5, 5.41) is 16.3. The molecule has 116 valence electrons. The number of hydrogen-bond acceptors (Lipinski definition) is 4. The molecular weight excluding hydrogens is 268 g/mol. The molecule has 1 amide bonds. The van der Waals surface area contributed by atoms with Gasteiger partial charge in [0.1, 0.15) is 11.4 Å². The Balaban J connectivity index is 2.10. The second kappa shape index (κ2) is 5.93. The highest BCUT2D eigenvalue weighted by Crippen LogP contribution is 2.35. The lowest BCUT2D eigenvalue weighted by atomic mass is 9.87. The van der Waals surface area contributed by atoms with E-state index in [1.54, 1.807) is 12.1 Å². The largest absolute Gasteiger partial charge is 0.508 e. The van der Waals surface area contributed by atoms with E-state index >= 15 is 0 Å². The van der Waals surface area contributed by atoms with Crippen molar-refractivity contribution in [2.45, 2.75) is 44.8 Å². The SMILES string of the molecule is CC(C)(C)OC(=O)NCC1(c2ccccc2O)CCCN1. The fourth-order valence-electron chi connectivity index (χ4n) is 2.70. The molecule has 0 aliphatic carbocycles. The highest BCUT2D eigenvalue weighted by Gasteiger charge is 2.37. The van der Waals surface area contributed by atoms with E-state index in [4.69, 9.17) is 4.74 Å². The highest BCUT2D eigenvalue weighted by molar-refractivity contribution is 5.68. The van der Waals surface area contributed by atoms with Crippen LogP contribution in [0.3, 0.4) is 0 Å². The number of benzene rings is 1. The standard InChI is InChI=1S/C16H24N2O3/c1-15(2,3)21-14(20)17-11-16(9-6-10-18-16)12-7-4-5-8-13(12)19/h4-5,7-8,18-19H,6,9-11H2,1-3H3,(H,17,20). The van der Waals surface area contributed by atoms with E-state index in [1.807, 2.05) is 32.9 Å². The van der Waals surface area contributed by atoms with E-state index in [2.05, 4.69) is 10.6 Å². The van der Waals surface area contributed by atoms with Crippen LogP contribution in [0, 0.1) is 0 Å². The monoisotopic (exact) mass is 292 g/mol. The van der Waals surface area contributed by atoms with Gasteiger partial charge in [0.15, 0.2) is 0 Å². The van der Waals surface area contributed by atoms with Crippen LogP contribution in [-0.4, -0.2) is 29.9 Å². The predicted molar refractivity (Wildman–Crippen MR) is 81.3 cm³/mol. The predicted octanol–water partition coefficient (Wildman–Crippen LogP) is 2.50. The highest BCUT2D eigenvalue weighted by atomic mass is 16.6. The number of amides is 1. The summed E-state index contributed by atoms with van der Waals surface area (Å²) in [6, 6.07) is 7.25. The summed E-state index contributed by atoms with van der Waals surface area (Å²) < 4.78 is 5.27. The van der Waals surface area contributed by atoms with Gasteiger partial charge in [-0.15, -0.1) is 0 Å². The summed E-state index contributed by atoms with van der Waals surface area (Å²) in [4.78, 5) is 11.9. The third-order valence-electron chi connectivity index (χ3n) is 3.60. The van der Waals surface area contributed by atoms with E-state index in [-0.39, 0.29) is 5.75 Å². The van der Waals surface area contributed by atoms with E-state index in [0.29, 0.717) is 6.54 Å². The lowest BCUT2D eigenvalue weighted by molar-refractivity contribution is 0.0511. The van der Waals surface area contributed by atoms with Crippen LogP contribution in [0.15, 0.2) is 24.3 Å². The quantitative estimate of drug-likeness (QED) is 0.800. The Bertz CT molecular complexity index is 502. The molecule has 1 aromatic carbocycles. The van der Waals surface area contributed by atoms with Gasteiger partial charge >= 0.3 is 6.09 Å². The second-order valence-electron chi connectivity index (χ2n) is 6.49. The first-order valence-corrected chi connectivity index (χ1v) is 7.33. The minimum Gasteiger partial charge on any atom is -0.508 e. The average Bonchev–Trinajstić information content (AvgIpc) is 2.85. The van der Waals surface area contributed by atoms with Crippen LogP contribution in [0.5, 0.6) is 5.75 Å². The third-order valence-corrected chi connectivity index (χ3v) is 3.60. The average molecular weight is 292 g/mol. The number of aromatic hydroxyl groups is 1. The molecule has 1 heterocycles. The molecule has 0 bridgehead atoms. The van der Waals surface area contributed by atoms with Crippen LogP contribution in [-0.2, 0) is 10.3 Å². The molecule has 0 spiro atoms. The van der Waals surface area contributed by atoms with E-state index < -0.39 is 17.2 Å². The number of hydrogen-bond donors (Lipinski definition) is 3. The van der Waals surface area contributed by atoms with Crippen LogP contribution in [0.2, 0.25) is 0 Å². The summed E-state index contributed by atoms with van der Waals surface area (Å²) in [7, 11) is 0. The van der Waals surface area contributed by atoms with Crippen molar-refractivity contribution in [3.63, 3.8) is 0 Å². The molecular formula is C16H24N2O3. The van der Waals surface area contributed by atoms with Crippen molar-refractivity contribution in [1.29, 1.82) is 0 Å². The maximum Gasteiger partial charge on any atom is 0.407 e. The number of alkyl carbamates (subject to hydrolysis) is 1. The van der Waals surface area contributed by atoms with Crippen LogP contribution >= 0.6 is 0 Å². The Morgan fingerprint density at radius 2 is 2.14 bits per heavy atom. The minimum absolute atomic E-state index is 0.248. The molecule has 1 fully saturated rings. The molecule has 0 saturated carbocycles. The van der Waals surface area contributed by atoms with Crippen molar-refractivity contribution in [3.05, 3.63) is 29.8 Å². The van der Waals surface area contributed by atoms with Crippen LogP contribution in [0.25, 0.3) is 0 Å². The number of ether oxygens (including phenoxy) is 1. The molecule has 5 heteroatoms. The Kier molecular flexibility index (Phi) is 4.42. The van der Waals surface area contributed by atoms with Gasteiger partial charge in [-0.05, 0) is 46.2 Å². The number of phenolic OH excluding ortho intramolecular Hbond substituents is 1. The van der Waals surface area contributed by atoms with Gasteiger partial charge in [0.25, 0.3) is 0 Å². The van der Waals surface area contributed by atoms with E-state index in [9.17, 15) is 9.90 Å². The first kappa shape index (κ1) is 15.6. The smallest absolute Gasteiger partial charge is 0.407 e. The first-order valence-electron chi connectivity index (χ1n) is 7.33. The molecule has 1 atom stereocenters. The van der Waals surface area contributed by atoms with Crippen molar-refractivity contribution in [2.24, 2.45) is 0 Å². The van der Waals surface area contributed by atoms with Crippen LogP contribution in [0.1, 0.15) is 39.2 Å². The molecule has 1 aromatic rings. The van der Waals surface area contributed by atoms with Gasteiger partial charge in [0.2, 0.25) is 0 Å². The van der Waals surface area contributed by atoms with E-state index in [1.165, 1.54) is 0 Å². The number of nitrogens with one attached hydrogen (secondary N) is 2. The molecule has 0 radical (unpaired) electrons. The Morgan fingerprint density at radius 1 is 1.43 bits per heavy atom. The third kappa shape index (κ3) is 3.88. The summed E-state index contributed by atoms with van der Waals surface area (Å²) in [5.41, 5.74) is -0.129. The van der Waals surface area contributed by atoms with Crippen LogP contribution < -0.4 is 10.6 Å². The molecule has 1 unspecified atom stereocenters. The zero-order valence-electron chi connectivity index (χ0n) is 12.9.